The maximum absolute atomic E-state index is 13.3. The zero-order valence-electron chi connectivity index (χ0n) is 14.5. The van der Waals surface area contributed by atoms with Gasteiger partial charge in [-0.05, 0) is 30.3 Å². The van der Waals surface area contributed by atoms with Crippen molar-refractivity contribution in [2.45, 2.75) is 0 Å². The van der Waals surface area contributed by atoms with Gasteiger partial charge in [0.1, 0.15) is 5.82 Å². The smallest absolute Gasteiger partial charge is 0.206 e. The first-order chi connectivity index (χ1) is 13.3. The standard InChI is InChI=1S/C21H17FN4S/c1-2-11-23-21-26(20(14-27-21)15-7-9-17(22)10-8-15)25-13-16-12-24-19-6-4-3-5-18(16)19/h2-10,12-14,24H,1,11H2. The molecular weight excluding hydrogens is 359 g/mol. The van der Waals surface area contributed by atoms with E-state index in [-0.39, 0.29) is 5.82 Å². The molecule has 0 amide bonds. The highest BCUT2D eigenvalue weighted by atomic mass is 32.1. The Bertz CT molecular complexity index is 1180. The number of para-hydroxylation sites is 1. The second-order valence-corrected chi connectivity index (χ2v) is 6.72. The zero-order chi connectivity index (χ0) is 18.6. The minimum atomic E-state index is -0.264. The molecule has 0 bridgehead atoms. The number of nitrogens with zero attached hydrogens (tertiary/aromatic N) is 3. The number of hydrogen-bond acceptors (Lipinski definition) is 3. The van der Waals surface area contributed by atoms with Crippen molar-refractivity contribution >= 4 is 28.5 Å². The minimum Gasteiger partial charge on any atom is -0.361 e. The molecule has 2 aromatic heterocycles. The molecular formula is C21H17FN4S. The van der Waals surface area contributed by atoms with Crippen LogP contribution in [-0.2, 0) is 0 Å². The Morgan fingerprint density at radius 2 is 1.96 bits per heavy atom. The lowest BCUT2D eigenvalue weighted by molar-refractivity contribution is 0.628. The van der Waals surface area contributed by atoms with E-state index in [0.717, 1.165) is 32.5 Å². The third-order valence-corrected chi connectivity index (χ3v) is 4.97. The fourth-order valence-electron chi connectivity index (χ4n) is 2.80. The fraction of sp³-hybridized carbons (Fsp3) is 0.0476. The van der Waals surface area contributed by atoms with Gasteiger partial charge < -0.3 is 4.98 Å². The molecule has 27 heavy (non-hydrogen) atoms. The number of benzene rings is 2. The molecule has 6 heteroatoms. The van der Waals surface area contributed by atoms with Crippen LogP contribution in [0.15, 0.2) is 82.9 Å². The first-order valence-electron chi connectivity index (χ1n) is 8.44. The summed E-state index contributed by atoms with van der Waals surface area (Å²) in [6, 6.07) is 14.4. The molecule has 0 aliphatic heterocycles. The molecule has 0 unspecified atom stereocenters. The van der Waals surface area contributed by atoms with E-state index < -0.39 is 0 Å². The van der Waals surface area contributed by atoms with Crippen molar-refractivity contribution in [2.75, 3.05) is 6.54 Å². The molecule has 134 valence electrons. The summed E-state index contributed by atoms with van der Waals surface area (Å²) in [6.07, 6.45) is 5.48. The molecule has 0 radical (unpaired) electrons. The quantitative estimate of drug-likeness (QED) is 0.384. The number of nitrogens with one attached hydrogen (secondary N) is 1. The van der Waals surface area contributed by atoms with E-state index in [2.05, 4.69) is 27.7 Å². The number of hydrogen-bond donors (Lipinski definition) is 1. The maximum atomic E-state index is 13.3. The number of fused-ring (bicyclic) bond motifs is 1. The predicted octanol–water partition coefficient (Wildman–Crippen LogP) is 4.81. The van der Waals surface area contributed by atoms with Gasteiger partial charge in [0, 0.05) is 33.6 Å². The fourth-order valence-corrected chi connectivity index (χ4v) is 3.65. The van der Waals surface area contributed by atoms with Crippen LogP contribution in [0.5, 0.6) is 0 Å². The minimum absolute atomic E-state index is 0.264. The van der Waals surface area contributed by atoms with Gasteiger partial charge >= 0.3 is 0 Å². The number of H-pyrrole nitrogens is 1. The van der Waals surface area contributed by atoms with Crippen LogP contribution in [-0.4, -0.2) is 22.4 Å². The first-order valence-corrected chi connectivity index (χ1v) is 9.32. The van der Waals surface area contributed by atoms with Crippen molar-refractivity contribution in [1.29, 1.82) is 0 Å². The van der Waals surface area contributed by atoms with Gasteiger partial charge in [-0.3, -0.25) is 4.99 Å². The Morgan fingerprint density at radius 1 is 1.15 bits per heavy atom. The summed E-state index contributed by atoms with van der Waals surface area (Å²) in [7, 11) is 0. The highest BCUT2D eigenvalue weighted by molar-refractivity contribution is 7.07. The summed E-state index contributed by atoms with van der Waals surface area (Å²) in [6.45, 7) is 4.22. The van der Waals surface area contributed by atoms with Crippen molar-refractivity contribution in [3.05, 3.63) is 88.9 Å². The van der Waals surface area contributed by atoms with Crippen molar-refractivity contribution in [3.63, 3.8) is 0 Å². The number of thiazole rings is 1. The second-order valence-electron chi connectivity index (χ2n) is 5.89. The van der Waals surface area contributed by atoms with E-state index in [9.17, 15) is 4.39 Å². The van der Waals surface area contributed by atoms with Crippen LogP contribution >= 0.6 is 11.3 Å². The highest BCUT2D eigenvalue weighted by Gasteiger charge is 2.08. The third-order valence-electron chi connectivity index (χ3n) is 4.11. The van der Waals surface area contributed by atoms with Gasteiger partial charge in [0.2, 0.25) is 4.80 Å². The molecule has 0 fully saturated rings. The van der Waals surface area contributed by atoms with E-state index in [4.69, 9.17) is 0 Å². The predicted molar refractivity (Wildman–Crippen MR) is 110 cm³/mol. The Hall–Kier alpha value is -3.25. The summed E-state index contributed by atoms with van der Waals surface area (Å²) in [4.78, 5) is 8.52. The van der Waals surface area contributed by atoms with Crippen LogP contribution in [0.3, 0.4) is 0 Å². The summed E-state index contributed by atoms with van der Waals surface area (Å²) in [5.41, 5.74) is 3.79. The second kappa shape index (κ2) is 7.55. The van der Waals surface area contributed by atoms with Crippen LogP contribution in [0.25, 0.3) is 22.2 Å². The lowest BCUT2D eigenvalue weighted by Crippen LogP contribution is -2.12. The van der Waals surface area contributed by atoms with E-state index in [1.807, 2.05) is 36.0 Å². The topological polar surface area (TPSA) is 45.4 Å². The number of aromatic amines is 1. The van der Waals surface area contributed by atoms with Gasteiger partial charge in [-0.15, -0.1) is 17.9 Å². The van der Waals surface area contributed by atoms with Crippen LogP contribution in [0.1, 0.15) is 5.56 Å². The van der Waals surface area contributed by atoms with Gasteiger partial charge in [0.15, 0.2) is 0 Å². The number of rotatable bonds is 5. The van der Waals surface area contributed by atoms with Crippen molar-refractivity contribution < 1.29 is 4.39 Å². The Kier molecular flexibility index (Phi) is 4.80. The molecule has 0 spiro atoms. The molecule has 0 saturated carbocycles. The van der Waals surface area contributed by atoms with Gasteiger partial charge in [0.05, 0.1) is 18.5 Å². The number of halogens is 1. The first kappa shape index (κ1) is 17.2. The summed E-state index contributed by atoms with van der Waals surface area (Å²) in [5, 5.41) is 7.75. The zero-order valence-corrected chi connectivity index (χ0v) is 15.3. The van der Waals surface area contributed by atoms with Crippen LogP contribution in [0, 0.1) is 5.82 Å². The Balaban J connectivity index is 1.81. The van der Waals surface area contributed by atoms with E-state index >= 15 is 0 Å². The molecule has 0 aliphatic rings. The van der Waals surface area contributed by atoms with Crippen LogP contribution < -0.4 is 4.80 Å². The SMILES string of the molecule is C=CCN=c1scc(-c2ccc(F)cc2)n1N=Cc1c[nH]c2ccccc12. The van der Waals surface area contributed by atoms with Crippen molar-refractivity contribution in [2.24, 2.45) is 10.1 Å². The molecule has 2 heterocycles. The maximum Gasteiger partial charge on any atom is 0.206 e. The molecule has 2 aromatic carbocycles. The largest absolute Gasteiger partial charge is 0.361 e. The average Bonchev–Trinajstić information content (AvgIpc) is 3.29. The summed E-state index contributed by atoms with van der Waals surface area (Å²) >= 11 is 1.49. The lowest BCUT2D eigenvalue weighted by atomic mass is 10.2. The van der Waals surface area contributed by atoms with Gasteiger partial charge in [-0.25, -0.2) is 9.07 Å². The van der Waals surface area contributed by atoms with Gasteiger partial charge in [-0.1, -0.05) is 24.3 Å². The molecule has 4 rings (SSSR count). The monoisotopic (exact) mass is 376 g/mol. The lowest BCUT2D eigenvalue weighted by Gasteiger charge is -2.03. The number of aromatic nitrogens is 2. The van der Waals surface area contributed by atoms with Gasteiger partial charge in [-0.2, -0.15) is 5.10 Å². The molecule has 4 aromatic rings. The van der Waals surface area contributed by atoms with E-state index in [1.165, 1.54) is 23.5 Å². The molecule has 4 nitrogen and oxygen atoms in total. The van der Waals surface area contributed by atoms with Crippen LogP contribution in [0.4, 0.5) is 4.39 Å². The summed E-state index contributed by atoms with van der Waals surface area (Å²) in [5.74, 6) is -0.264. The molecule has 0 saturated heterocycles. The Morgan fingerprint density at radius 3 is 2.78 bits per heavy atom. The third kappa shape index (κ3) is 3.52. The van der Waals surface area contributed by atoms with E-state index in [0.29, 0.717) is 6.54 Å². The highest BCUT2D eigenvalue weighted by Crippen LogP contribution is 2.21. The summed E-state index contributed by atoms with van der Waals surface area (Å²) < 4.78 is 15.1. The Labute approximate surface area is 159 Å². The van der Waals surface area contributed by atoms with Gasteiger partial charge in [0.25, 0.3) is 0 Å². The molecule has 0 atom stereocenters. The van der Waals surface area contributed by atoms with E-state index in [1.54, 1.807) is 22.9 Å². The molecule has 1 N–H and O–H groups in total. The van der Waals surface area contributed by atoms with Crippen molar-refractivity contribution in [1.82, 2.24) is 9.66 Å². The van der Waals surface area contributed by atoms with Crippen LogP contribution in [0.2, 0.25) is 0 Å². The average molecular weight is 376 g/mol. The normalized spacial score (nSPS) is 12.3. The van der Waals surface area contributed by atoms with Crippen molar-refractivity contribution in [3.8, 4) is 11.3 Å². The molecule has 0 aliphatic carbocycles.